The molecule has 0 spiro atoms. The molecule has 0 N–H and O–H groups in total. The number of nitrogens with zero attached hydrogens (tertiary/aromatic N) is 4. The highest BCUT2D eigenvalue weighted by Gasteiger charge is 2.10. The topological polar surface area (TPSA) is 60.1 Å². The lowest BCUT2D eigenvalue weighted by molar-refractivity contribution is 0.0949. The van der Waals surface area contributed by atoms with E-state index in [0.717, 1.165) is 5.69 Å². The number of hydrogen-bond donors (Lipinski definition) is 0. The van der Waals surface area contributed by atoms with E-state index in [0.29, 0.717) is 11.2 Å². The summed E-state index contributed by atoms with van der Waals surface area (Å²) in [4.78, 5) is 25.0. The average Bonchev–Trinajstić information content (AvgIpc) is 2.39. The molecule has 5 nitrogen and oxygen atoms in total. The third-order valence-electron chi connectivity index (χ3n) is 2.45. The molecule has 98 valence electrons. The van der Waals surface area contributed by atoms with E-state index in [9.17, 15) is 4.79 Å². The zero-order valence-electron chi connectivity index (χ0n) is 11.2. The van der Waals surface area contributed by atoms with Crippen molar-refractivity contribution in [1.29, 1.82) is 0 Å². The molecule has 0 atom stereocenters. The van der Waals surface area contributed by atoms with Crippen molar-refractivity contribution >= 4 is 5.91 Å². The lowest BCUT2D eigenvalue weighted by Crippen LogP contribution is -2.28. The standard InChI is InChI=1S/C14H16N4O/c1-10(2)17-13-6-4-5-7-18(13)14(19)12-9-15-11(3)8-16-12/h4-10H,1-3H3. The van der Waals surface area contributed by atoms with Crippen molar-refractivity contribution in [2.24, 2.45) is 4.99 Å². The summed E-state index contributed by atoms with van der Waals surface area (Å²) in [6.07, 6.45) is 4.75. The van der Waals surface area contributed by atoms with Crippen molar-refractivity contribution in [1.82, 2.24) is 14.5 Å². The molecule has 0 unspecified atom stereocenters. The van der Waals surface area contributed by atoms with Crippen molar-refractivity contribution in [3.63, 3.8) is 0 Å². The van der Waals surface area contributed by atoms with E-state index >= 15 is 0 Å². The van der Waals surface area contributed by atoms with Crippen LogP contribution in [0, 0.1) is 6.92 Å². The van der Waals surface area contributed by atoms with Crippen LogP contribution in [-0.4, -0.2) is 26.5 Å². The molecule has 0 aliphatic heterocycles. The van der Waals surface area contributed by atoms with Gasteiger partial charge < -0.3 is 0 Å². The number of carbonyl (C=O) groups excluding carboxylic acids is 1. The van der Waals surface area contributed by atoms with Gasteiger partial charge in [0.25, 0.3) is 5.91 Å². The van der Waals surface area contributed by atoms with Gasteiger partial charge in [0.15, 0.2) is 0 Å². The van der Waals surface area contributed by atoms with E-state index < -0.39 is 0 Å². The number of pyridine rings is 1. The first-order valence-corrected chi connectivity index (χ1v) is 6.13. The summed E-state index contributed by atoms with van der Waals surface area (Å²) in [5.74, 6) is -0.229. The van der Waals surface area contributed by atoms with Gasteiger partial charge in [0, 0.05) is 18.4 Å². The van der Waals surface area contributed by atoms with Crippen LogP contribution < -0.4 is 5.49 Å². The molecule has 0 aliphatic carbocycles. The molecule has 0 aliphatic rings. The summed E-state index contributed by atoms with van der Waals surface area (Å²) < 4.78 is 1.49. The van der Waals surface area contributed by atoms with Gasteiger partial charge in [-0.1, -0.05) is 6.07 Å². The molecule has 5 heteroatoms. The van der Waals surface area contributed by atoms with Crippen LogP contribution in [-0.2, 0) is 0 Å². The summed E-state index contributed by atoms with van der Waals surface area (Å²) in [5.41, 5.74) is 1.70. The molecular formula is C14H16N4O. The van der Waals surface area contributed by atoms with Gasteiger partial charge >= 0.3 is 0 Å². The highest BCUT2D eigenvalue weighted by Crippen LogP contribution is 1.97. The fourth-order valence-corrected chi connectivity index (χ4v) is 1.60. The number of carbonyl (C=O) groups is 1. The van der Waals surface area contributed by atoms with Crippen LogP contribution in [0.2, 0.25) is 0 Å². The number of aryl methyl sites for hydroxylation is 1. The van der Waals surface area contributed by atoms with Crippen molar-refractivity contribution in [3.8, 4) is 0 Å². The average molecular weight is 256 g/mol. The second kappa shape index (κ2) is 5.56. The number of aromatic nitrogens is 3. The molecule has 0 saturated carbocycles. The van der Waals surface area contributed by atoms with Crippen LogP contribution >= 0.6 is 0 Å². The number of rotatable bonds is 2. The van der Waals surface area contributed by atoms with E-state index in [1.165, 1.54) is 10.8 Å². The molecule has 2 aromatic heterocycles. The molecule has 2 rings (SSSR count). The minimum Gasteiger partial charge on any atom is -0.266 e. The van der Waals surface area contributed by atoms with Gasteiger partial charge in [-0.2, -0.15) is 0 Å². The first-order valence-electron chi connectivity index (χ1n) is 6.13. The van der Waals surface area contributed by atoms with Crippen molar-refractivity contribution in [2.45, 2.75) is 26.8 Å². The maximum Gasteiger partial charge on any atom is 0.283 e. The largest absolute Gasteiger partial charge is 0.283 e. The maximum absolute atomic E-state index is 12.4. The Morgan fingerprint density at radius 3 is 2.68 bits per heavy atom. The lowest BCUT2D eigenvalue weighted by atomic mass is 10.3. The van der Waals surface area contributed by atoms with Crippen LogP contribution in [0.4, 0.5) is 0 Å². The summed E-state index contributed by atoms with van der Waals surface area (Å²) in [5, 5.41) is 0. The highest BCUT2D eigenvalue weighted by atomic mass is 16.2. The Balaban J connectivity index is 2.48. The Hall–Kier alpha value is -2.30. The highest BCUT2D eigenvalue weighted by molar-refractivity contribution is 5.93. The normalized spacial score (nSPS) is 11.9. The van der Waals surface area contributed by atoms with Gasteiger partial charge in [-0.3, -0.25) is 19.3 Å². The first kappa shape index (κ1) is 13.1. The van der Waals surface area contributed by atoms with Gasteiger partial charge in [-0.05, 0) is 32.9 Å². The van der Waals surface area contributed by atoms with Crippen LogP contribution in [0.25, 0.3) is 0 Å². The smallest absolute Gasteiger partial charge is 0.266 e. The SMILES string of the molecule is Cc1cnc(C(=O)n2ccccc2=NC(C)C)cn1. The van der Waals surface area contributed by atoms with Crippen LogP contribution in [0.15, 0.2) is 41.8 Å². The van der Waals surface area contributed by atoms with Crippen LogP contribution in [0.5, 0.6) is 0 Å². The molecule has 0 amide bonds. The van der Waals surface area contributed by atoms with Crippen LogP contribution in [0.1, 0.15) is 30.0 Å². The molecular weight excluding hydrogens is 240 g/mol. The Morgan fingerprint density at radius 1 is 1.26 bits per heavy atom. The van der Waals surface area contributed by atoms with E-state index in [2.05, 4.69) is 15.0 Å². The Kier molecular flexibility index (Phi) is 3.85. The van der Waals surface area contributed by atoms with Gasteiger partial charge in [-0.15, -0.1) is 0 Å². The summed E-state index contributed by atoms with van der Waals surface area (Å²) in [6, 6.07) is 5.56. The van der Waals surface area contributed by atoms with Crippen molar-refractivity contribution in [2.75, 3.05) is 0 Å². The summed E-state index contributed by atoms with van der Waals surface area (Å²) >= 11 is 0. The third-order valence-corrected chi connectivity index (χ3v) is 2.45. The lowest BCUT2D eigenvalue weighted by Gasteiger charge is -2.06. The zero-order chi connectivity index (χ0) is 13.8. The van der Waals surface area contributed by atoms with Gasteiger partial charge in [0.2, 0.25) is 0 Å². The van der Waals surface area contributed by atoms with E-state index in [1.807, 2.05) is 26.8 Å². The molecule has 0 saturated heterocycles. The van der Waals surface area contributed by atoms with Crippen LogP contribution in [0.3, 0.4) is 0 Å². The quantitative estimate of drug-likeness (QED) is 0.819. The molecule has 0 aromatic carbocycles. The fourth-order valence-electron chi connectivity index (χ4n) is 1.60. The second-order valence-corrected chi connectivity index (χ2v) is 4.50. The minimum absolute atomic E-state index is 0.116. The monoisotopic (exact) mass is 256 g/mol. The van der Waals surface area contributed by atoms with Gasteiger partial charge in [-0.25, -0.2) is 4.98 Å². The maximum atomic E-state index is 12.4. The Morgan fingerprint density at radius 2 is 2.05 bits per heavy atom. The third kappa shape index (κ3) is 3.13. The predicted molar refractivity (Wildman–Crippen MR) is 71.6 cm³/mol. The van der Waals surface area contributed by atoms with Crippen molar-refractivity contribution in [3.05, 3.63) is 53.7 Å². The van der Waals surface area contributed by atoms with Gasteiger partial charge in [0.05, 0.1) is 11.9 Å². The molecule has 0 bridgehead atoms. The minimum atomic E-state index is -0.229. The molecule has 0 fully saturated rings. The number of hydrogen-bond acceptors (Lipinski definition) is 4. The summed E-state index contributed by atoms with van der Waals surface area (Å²) in [7, 11) is 0. The van der Waals surface area contributed by atoms with Crippen molar-refractivity contribution < 1.29 is 4.79 Å². The summed E-state index contributed by atoms with van der Waals surface area (Å²) in [6.45, 7) is 5.76. The Bertz CT molecular complexity index is 641. The predicted octanol–water partition coefficient (Wildman–Crippen LogP) is 1.58. The molecule has 0 radical (unpaired) electrons. The molecule has 2 aromatic rings. The fraction of sp³-hybridized carbons (Fsp3) is 0.286. The molecule has 2 heterocycles. The van der Waals surface area contributed by atoms with E-state index in [-0.39, 0.29) is 11.9 Å². The Labute approximate surface area is 111 Å². The second-order valence-electron chi connectivity index (χ2n) is 4.50. The molecule has 19 heavy (non-hydrogen) atoms. The van der Waals surface area contributed by atoms with E-state index in [1.54, 1.807) is 24.5 Å². The van der Waals surface area contributed by atoms with Gasteiger partial charge in [0.1, 0.15) is 11.2 Å². The van der Waals surface area contributed by atoms with E-state index in [4.69, 9.17) is 0 Å². The zero-order valence-corrected chi connectivity index (χ0v) is 11.2. The first-order chi connectivity index (χ1) is 9.08.